The van der Waals surface area contributed by atoms with E-state index in [1.807, 2.05) is 6.07 Å². The van der Waals surface area contributed by atoms with Gasteiger partial charge in [0.05, 0.1) is 5.56 Å². The van der Waals surface area contributed by atoms with Crippen molar-refractivity contribution in [3.63, 3.8) is 0 Å². The summed E-state index contributed by atoms with van der Waals surface area (Å²) in [6, 6.07) is 6.94. The van der Waals surface area contributed by atoms with Gasteiger partial charge in [0.1, 0.15) is 0 Å². The number of nitrogens with zero attached hydrogens (tertiary/aromatic N) is 1. The number of aromatic carboxylic acids is 1. The van der Waals surface area contributed by atoms with Crippen LogP contribution in [0.2, 0.25) is 0 Å². The highest BCUT2D eigenvalue weighted by atomic mass is 16.4. The van der Waals surface area contributed by atoms with Gasteiger partial charge < -0.3 is 5.11 Å². The Labute approximate surface area is 112 Å². The van der Waals surface area contributed by atoms with Crippen LogP contribution in [0.3, 0.4) is 0 Å². The first kappa shape index (κ1) is 13.5. The zero-order chi connectivity index (χ0) is 13.7. The number of benzene rings is 1. The first-order chi connectivity index (χ1) is 9.16. The molecule has 1 aliphatic rings. The number of carbonyl (C=O) groups is 2. The van der Waals surface area contributed by atoms with Crippen LogP contribution >= 0.6 is 0 Å². The predicted molar refractivity (Wildman–Crippen MR) is 70.7 cm³/mol. The van der Waals surface area contributed by atoms with Gasteiger partial charge in [0.25, 0.3) is 0 Å². The molecule has 0 aromatic heterocycles. The maximum atomic E-state index is 11.6. The molecule has 1 fully saturated rings. The second-order valence-corrected chi connectivity index (χ2v) is 4.67. The molecule has 0 aliphatic carbocycles. The molecule has 0 unspecified atom stereocenters. The molecule has 0 atom stereocenters. The largest absolute Gasteiger partial charge is 0.478 e. The summed E-state index contributed by atoms with van der Waals surface area (Å²) in [4.78, 5) is 22.4. The fourth-order valence-corrected chi connectivity index (χ4v) is 2.18. The van der Waals surface area contributed by atoms with Crippen LogP contribution in [0.15, 0.2) is 24.3 Å². The van der Waals surface area contributed by atoms with E-state index in [0.717, 1.165) is 31.4 Å². The van der Waals surface area contributed by atoms with Crippen LogP contribution in [-0.2, 0) is 11.2 Å². The van der Waals surface area contributed by atoms with Crippen molar-refractivity contribution in [2.24, 2.45) is 0 Å². The molecule has 0 spiro atoms. The SMILES string of the molecule is O=C(O)c1cccc(CCCN2NCCCC2=O)c1. The third kappa shape index (κ3) is 3.79. The monoisotopic (exact) mass is 262 g/mol. The van der Waals surface area contributed by atoms with Crippen molar-refractivity contribution in [1.82, 2.24) is 10.4 Å². The summed E-state index contributed by atoms with van der Waals surface area (Å²) < 4.78 is 0. The van der Waals surface area contributed by atoms with Crippen molar-refractivity contribution in [2.75, 3.05) is 13.1 Å². The van der Waals surface area contributed by atoms with Gasteiger partial charge in [-0.2, -0.15) is 0 Å². The standard InChI is InChI=1S/C14H18N2O3/c17-13-7-2-8-15-16(13)9-3-5-11-4-1-6-12(10-11)14(18)19/h1,4,6,10,15H,2-3,5,7-9H2,(H,18,19). The summed E-state index contributed by atoms with van der Waals surface area (Å²) in [6.45, 7) is 1.51. The lowest BCUT2D eigenvalue weighted by Crippen LogP contribution is -2.47. The highest BCUT2D eigenvalue weighted by Crippen LogP contribution is 2.09. The zero-order valence-corrected chi connectivity index (χ0v) is 10.8. The Morgan fingerprint density at radius 3 is 3.00 bits per heavy atom. The topological polar surface area (TPSA) is 69.6 Å². The Balaban J connectivity index is 1.83. The normalized spacial score (nSPS) is 15.6. The molecule has 0 radical (unpaired) electrons. The lowest BCUT2D eigenvalue weighted by atomic mass is 10.1. The van der Waals surface area contributed by atoms with Crippen LogP contribution < -0.4 is 5.43 Å². The van der Waals surface area contributed by atoms with E-state index in [4.69, 9.17) is 5.11 Å². The number of amides is 1. The summed E-state index contributed by atoms with van der Waals surface area (Å²) in [5, 5.41) is 10.6. The number of nitrogens with one attached hydrogen (secondary N) is 1. The lowest BCUT2D eigenvalue weighted by molar-refractivity contribution is -0.136. The van der Waals surface area contributed by atoms with E-state index < -0.39 is 5.97 Å². The fourth-order valence-electron chi connectivity index (χ4n) is 2.18. The fraction of sp³-hybridized carbons (Fsp3) is 0.429. The first-order valence-corrected chi connectivity index (χ1v) is 6.53. The minimum absolute atomic E-state index is 0.144. The highest BCUT2D eigenvalue weighted by molar-refractivity contribution is 5.87. The van der Waals surface area contributed by atoms with Gasteiger partial charge in [-0.25, -0.2) is 10.2 Å². The third-order valence-corrected chi connectivity index (χ3v) is 3.19. The van der Waals surface area contributed by atoms with Crippen molar-refractivity contribution in [3.8, 4) is 0 Å². The van der Waals surface area contributed by atoms with Crippen LogP contribution in [-0.4, -0.2) is 35.1 Å². The molecule has 2 rings (SSSR count). The molecule has 102 valence electrons. The van der Waals surface area contributed by atoms with Crippen LogP contribution in [0.25, 0.3) is 0 Å². The third-order valence-electron chi connectivity index (χ3n) is 3.19. The van der Waals surface area contributed by atoms with Crippen LogP contribution in [0.4, 0.5) is 0 Å². The number of carbonyl (C=O) groups excluding carboxylic acids is 1. The number of hydrazine groups is 1. The molecule has 2 N–H and O–H groups in total. The average Bonchev–Trinajstić information content (AvgIpc) is 2.41. The van der Waals surface area contributed by atoms with E-state index in [-0.39, 0.29) is 5.91 Å². The Morgan fingerprint density at radius 2 is 2.26 bits per heavy atom. The predicted octanol–water partition coefficient (Wildman–Crippen LogP) is 1.44. The van der Waals surface area contributed by atoms with Crippen molar-refractivity contribution in [1.29, 1.82) is 0 Å². The molecule has 1 aromatic carbocycles. The molecule has 5 nitrogen and oxygen atoms in total. The van der Waals surface area contributed by atoms with E-state index in [2.05, 4.69) is 5.43 Å². The van der Waals surface area contributed by atoms with Crippen molar-refractivity contribution in [2.45, 2.75) is 25.7 Å². The molecule has 1 heterocycles. The number of hydrogen-bond acceptors (Lipinski definition) is 3. The summed E-state index contributed by atoms with van der Waals surface area (Å²) in [6.07, 6.45) is 3.10. The van der Waals surface area contributed by atoms with Gasteiger partial charge >= 0.3 is 5.97 Å². The highest BCUT2D eigenvalue weighted by Gasteiger charge is 2.16. The first-order valence-electron chi connectivity index (χ1n) is 6.53. The molecule has 1 amide bonds. The summed E-state index contributed by atoms with van der Waals surface area (Å²) in [5.41, 5.74) is 4.37. The Hall–Kier alpha value is -1.88. The van der Waals surface area contributed by atoms with E-state index in [9.17, 15) is 9.59 Å². The maximum Gasteiger partial charge on any atom is 0.335 e. The average molecular weight is 262 g/mol. The number of hydrogen-bond donors (Lipinski definition) is 2. The molecule has 1 aromatic rings. The molecular formula is C14H18N2O3. The second-order valence-electron chi connectivity index (χ2n) is 4.67. The van der Waals surface area contributed by atoms with Crippen LogP contribution in [0.5, 0.6) is 0 Å². The van der Waals surface area contributed by atoms with Crippen LogP contribution in [0, 0.1) is 0 Å². The quantitative estimate of drug-likeness (QED) is 0.842. The van der Waals surface area contributed by atoms with Gasteiger partial charge in [0.15, 0.2) is 0 Å². The lowest BCUT2D eigenvalue weighted by Gasteiger charge is -2.27. The molecule has 19 heavy (non-hydrogen) atoms. The number of carboxylic acid groups (broad SMARTS) is 1. The van der Waals surface area contributed by atoms with Crippen molar-refractivity contribution in [3.05, 3.63) is 35.4 Å². The van der Waals surface area contributed by atoms with Gasteiger partial charge in [0.2, 0.25) is 5.91 Å². The molecule has 0 bridgehead atoms. The van der Waals surface area contributed by atoms with Gasteiger partial charge in [-0.05, 0) is 37.0 Å². The summed E-state index contributed by atoms with van der Waals surface area (Å²) >= 11 is 0. The maximum absolute atomic E-state index is 11.6. The Morgan fingerprint density at radius 1 is 1.42 bits per heavy atom. The Kier molecular flexibility index (Phi) is 4.52. The van der Waals surface area contributed by atoms with E-state index in [1.54, 1.807) is 23.2 Å². The van der Waals surface area contributed by atoms with Crippen molar-refractivity contribution < 1.29 is 14.7 Å². The number of aryl methyl sites for hydroxylation is 1. The molecule has 1 saturated heterocycles. The summed E-state index contributed by atoms with van der Waals surface area (Å²) in [7, 11) is 0. The second kappa shape index (κ2) is 6.33. The smallest absolute Gasteiger partial charge is 0.335 e. The molecule has 5 heteroatoms. The van der Waals surface area contributed by atoms with E-state index in [1.165, 1.54) is 0 Å². The zero-order valence-electron chi connectivity index (χ0n) is 10.8. The number of rotatable bonds is 5. The van der Waals surface area contributed by atoms with E-state index >= 15 is 0 Å². The van der Waals surface area contributed by atoms with Gasteiger partial charge in [-0.3, -0.25) is 9.80 Å². The van der Waals surface area contributed by atoms with E-state index in [0.29, 0.717) is 18.5 Å². The van der Waals surface area contributed by atoms with Gasteiger partial charge in [-0.1, -0.05) is 12.1 Å². The van der Waals surface area contributed by atoms with Crippen molar-refractivity contribution >= 4 is 11.9 Å². The minimum Gasteiger partial charge on any atom is -0.478 e. The van der Waals surface area contributed by atoms with Gasteiger partial charge in [-0.15, -0.1) is 0 Å². The summed E-state index contributed by atoms with van der Waals surface area (Å²) in [5.74, 6) is -0.764. The molecule has 0 saturated carbocycles. The van der Waals surface area contributed by atoms with Gasteiger partial charge in [0, 0.05) is 19.5 Å². The Bertz CT molecular complexity index is 474. The molecular weight excluding hydrogens is 244 g/mol. The number of carboxylic acids is 1. The molecule has 1 aliphatic heterocycles. The van der Waals surface area contributed by atoms with Crippen LogP contribution in [0.1, 0.15) is 35.2 Å². The minimum atomic E-state index is -0.908.